The van der Waals surface area contributed by atoms with Crippen molar-refractivity contribution in [2.24, 2.45) is 5.92 Å². The fourth-order valence-electron chi connectivity index (χ4n) is 2.81. The van der Waals surface area contributed by atoms with Gasteiger partial charge in [-0.2, -0.15) is 5.26 Å². The molecule has 0 spiro atoms. The van der Waals surface area contributed by atoms with Gasteiger partial charge in [-0.05, 0) is 44.1 Å². The summed E-state index contributed by atoms with van der Waals surface area (Å²) in [5, 5.41) is 9.41. The summed E-state index contributed by atoms with van der Waals surface area (Å²) in [7, 11) is 0. The summed E-state index contributed by atoms with van der Waals surface area (Å²) in [6, 6.07) is 9.09. The molecule has 0 saturated carbocycles. The van der Waals surface area contributed by atoms with E-state index in [0.29, 0.717) is 6.04 Å². The number of thioether (sulfide) groups is 1. The van der Waals surface area contributed by atoms with Crippen molar-refractivity contribution >= 4 is 17.4 Å². The van der Waals surface area contributed by atoms with Crippen molar-refractivity contribution in [3.05, 3.63) is 23.8 Å². The molecule has 0 radical (unpaired) electrons. The molecule has 2 nitrogen and oxygen atoms in total. The SMILES string of the molecule is CSc1cccc(N2CCC(C)CC2C)c1C#N. The predicted molar refractivity (Wildman–Crippen MR) is 78.1 cm³/mol. The molecule has 2 atom stereocenters. The molecular weight excluding hydrogens is 240 g/mol. The second-order valence-electron chi connectivity index (χ2n) is 5.14. The number of nitrogens with zero attached hydrogens (tertiary/aromatic N) is 2. The normalized spacial score (nSPS) is 23.8. The van der Waals surface area contributed by atoms with Crippen molar-refractivity contribution < 1.29 is 0 Å². The molecule has 1 aromatic carbocycles. The number of rotatable bonds is 2. The van der Waals surface area contributed by atoms with E-state index in [1.54, 1.807) is 11.8 Å². The van der Waals surface area contributed by atoms with Crippen LogP contribution in [-0.2, 0) is 0 Å². The molecular formula is C15H20N2S. The van der Waals surface area contributed by atoms with E-state index in [4.69, 9.17) is 0 Å². The van der Waals surface area contributed by atoms with Crippen LogP contribution in [0.25, 0.3) is 0 Å². The lowest BCUT2D eigenvalue weighted by molar-refractivity contribution is 0.377. The minimum Gasteiger partial charge on any atom is -0.368 e. The van der Waals surface area contributed by atoms with Crippen LogP contribution in [0.2, 0.25) is 0 Å². The monoisotopic (exact) mass is 260 g/mol. The zero-order chi connectivity index (χ0) is 13.1. The van der Waals surface area contributed by atoms with Crippen LogP contribution in [0.5, 0.6) is 0 Å². The predicted octanol–water partition coefficient (Wildman–Crippen LogP) is 3.90. The molecule has 3 heteroatoms. The van der Waals surface area contributed by atoms with E-state index in [1.807, 2.05) is 12.3 Å². The lowest BCUT2D eigenvalue weighted by Crippen LogP contribution is -2.40. The van der Waals surface area contributed by atoms with Gasteiger partial charge in [-0.1, -0.05) is 13.0 Å². The summed E-state index contributed by atoms with van der Waals surface area (Å²) in [4.78, 5) is 3.49. The summed E-state index contributed by atoms with van der Waals surface area (Å²) in [5.41, 5.74) is 1.95. The van der Waals surface area contributed by atoms with Gasteiger partial charge in [-0.25, -0.2) is 0 Å². The molecule has 1 aliphatic heterocycles. The number of nitriles is 1. The molecule has 1 fully saturated rings. The highest BCUT2D eigenvalue weighted by Gasteiger charge is 2.25. The lowest BCUT2D eigenvalue weighted by Gasteiger charge is -2.38. The minimum absolute atomic E-state index is 0.526. The molecule has 2 rings (SSSR count). The fraction of sp³-hybridized carbons (Fsp3) is 0.533. The summed E-state index contributed by atoms with van der Waals surface area (Å²) in [6.45, 7) is 5.65. The Kier molecular flexibility index (Phi) is 4.19. The second kappa shape index (κ2) is 5.67. The number of piperidine rings is 1. The average molecular weight is 260 g/mol. The summed E-state index contributed by atoms with van der Waals surface area (Å²) < 4.78 is 0. The van der Waals surface area contributed by atoms with Gasteiger partial charge in [0.15, 0.2) is 0 Å². The molecule has 1 aliphatic rings. The number of benzene rings is 1. The maximum Gasteiger partial charge on any atom is 0.103 e. The Morgan fingerprint density at radius 3 is 2.78 bits per heavy atom. The minimum atomic E-state index is 0.526. The van der Waals surface area contributed by atoms with Crippen molar-refractivity contribution in [1.29, 1.82) is 5.26 Å². The number of hydrogen-bond donors (Lipinski definition) is 0. The van der Waals surface area contributed by atoms with E-state index in [2.05, 4.69) is 36.9 Å². The Balaban J connectivity index is 2.36. The van der Waals surface area contributed by atoms with E-state index in [1.165, 1.54) is 12.8 Å². The van der Waals surface area contributed by atoms with E-state index in [-0.39, 0.29) is 0 Å². The Labute approximate surface area is 114 Å². The first-order valence-electron chi connectivity index (χ1n) is 6.51. The maximum absolute atomic E-state index is 9.41. The van der Waals surface area contributed by atoms with E-state index in [9.17, 15) is 5.26 Å². The van der Waals surface area contributed by atoms with Gasteiger partial charge in [0.25, 0.3) is 0 Å². The van der Waals surface area contributed by atoms with Crippen molar-refractivity contribution in [3.63, 3.8) is 0 Å². The van der Waals surface area contributed by atoms with Gasteiger partial charge in [0.1, 0.15) is 6.07 Å². The topological polar surface area (TPSA) is 27.0 Å². The zero-order valence-corrected chi connectivity index (χ0v) is 12.1. The first-order chi connectivity index (χ1) is 8.67. The van der Waals surface area contributed by atoms with Gasteiger partial charge in [-0.3, -0.25) is 0 Å². The van der Waals surface area contributed by atoms with Crippen LogP contribution >= 0.6 is 11.8 Å². The molecule has 18 heavy (non-hydrogen) atoms. The zero-order valence-electron chi connectivity index (χ0n) is 11.3. The molecule has 1 saturated heterocycles. The Bertz CT molecular complexity index is 464. The van der Waals surface area contributed by atoms with Crippen LogP contribution < -0.4 is 4.90 Å². The lowest BCUT2D eigenvalue weighted by atomic mass is 9.92. The summed E-state index contributed by atoms with van der Waals surface area (Å²) in [5.74, 6) is 0.797. The highest BCUT2D eigenvalue weighted by molar-refractivity contribution is 7.98. The molecule has 0 bridgehead atoms. The molecule has 1 heterocycles. The number of hydrogen-bond acceptors (Lipinski definition) is 3. The van der Waals surface area contributed by atoms with Crippen LogP contribution in [0, 0.1) is 17.2 Å². The van der Waals surface area contributed by atoms with Crippen molar-refractivity contribution in [3.8, 4) is 6.07 Å². The average Bonchev–Trinajstić information content (AvgIpc) is 2.37. The van der Waals surface area contributed by atoms with Crippen LogP contribution in [0.1, 0.15) is 32.3 Å². The van der Waals surface area contributed by atoms with Gasteiger partial charge < -0.3 is 4.90 Å². The van der Waals surface area contributed by atoms with Crippen LogP contribution in [0.3, 0.4) is 0 Å². The van der Waals surface area contributed by atoms with E-state index < -0.39 is 0 Å². The van der Waals surface area contributed by atoms with E-state index in [0.717, 1.165) is 28.6 Å². The Morgan fingerprint density at radius 1 is 1.39 bits per heavy atom. The highest BCUT2D eigenvalue weighted by atomic mass is 32.2. The van der Waals surface area contributed by atoms with Crippen molar-refractivity contribution in [2.45, 2.75) is 37.6 Å². The summed E-state index contributed by atoms with van der Waals surface area (Å²) in [6.07, 6.45) is 4.47. The molecule has 96 valence electrons. The molecule has 0 aliphatic carbocycles. The van der Waals surface area contributed by atoms with Gasteiger partial charge >= 0.3 is 0 Å². The van der Waals surface area contributed by atoms with Crippen LogP contribution in [0.15, 0.2) is 23.1 Å². The Hall–Kier alpha value is -1.14. The first-order valence-corrected chi connectivity index (χ1v) is 7.73. The van der Waals surface area contributed by atoms with Gasteiger partial charge in [0.2, 0.25) is 0 Å². The third-order valence-corrected chi connectivity index (χ3v) is 4.56. The van der Waals surface area contributed by atoms with Gasteiger partial charge in [0.05, 0.1) is 11.3 Å². The molecule has 2 unspecified atom stereocenters. The van der Waals surface area contributed by atoms with E-state index >= 15 is 0 Å². The van der Waals surface area contributed by atoms with Crippen molar-refractivity contribution in [2.75, 3.05) is 17.7 Å². The quantitative estimate of drug-likeness (QED) is 0.754. The smallest absolute Gasteiger partial charge is 0.103 e. The fourth-order valence-corrected chi connectivity index (χ4v) is 3.38. The second-order valence-corrected chi connectivity index (χ2v) is 5.99. The van der Waals surface area contributed by atoms with Crippen molar-refractivity contribution in [1.82, 2.24) is 0 Å². The molecule has 0 amide bonds. The maximum atomic E-state index is 9.41. The van der Waals surface area contributed by atoms with Gasteiger partial charge in [-0.15, -0.1) is 11.8 Å². The standard InChI is InChI=1S/C15H20N2S/c1-11-7-8-17(12(2)9-11)14-5-4-6-15(18-3)13(14)10-16/h4-6,11-12H,7-9H2,1-3H3. The number of anilines is 1. The van der Waals surface area contributed by atoms with Gasteiger partial charge in [0, 0.05) is 17.5 Å². The summed E-state index contributed by atoms with van der Waals surface area (Å²) >= 11 is 1.65. The third-order valence-electron chi connectivity index (χ3n) is 3.78. The largest absolute Gasteiger partial charge is 0.368 e. The molecule has 0 aromatic heterocycles. The highest BCUT2D eigenvalue weighted by Crippen LogP contribution is 2.33. The van der Waals surface area contributed by atoms with Crippen LogP contribution in [-0.4, -0.2) is 18.8 Å². The molecule has 0 N–H and O–H groups in total. The van der Waals surface area contributed by atoms with Crippen LogP contribution in [0.4, 0.5) is 5.69 Å². The first kappa shape index (κ1) is 13.3. The third kappa shape index (κ3) is 2.49. The molecule has 1 aromatic rings. The Morgan fingerprint density at radius 2 is 2.17 bits per heavy atom.